The molecule has 0 aliphatic carbocycles. The van der Waals surface area contributed by atoms with Crippen LogP contribution in [0.1, 0.15) is 17.4 Å². The number of aryl methyl sites for hydroxylation is 1. The molecule has 0 radical (unpaired) electrons. The summed E-state index contributed by atoms with van der Waals surface area (Å²) in [5.74, 6) is -0.354. The van der Waals surface area contributed by atoms with Crippen LogP contribution in [0.25, 0.3) is 0 Å². The normalized spacial score (nSPS) is 13.8. The SMILES string of the molecule is CC(OS(C)(=O)=O)C(=O)c1cccn1C. The van der Waals surface area contributed by atoms with E-state index in [4.69, 9.17) is 0 Å². The van der Waals surface area contributed by atoms with E-state index in [1.807, 2.05) is 0 Å². The molecule has 0 bridgehead atoms. The molecule has 5 nitrogen and oxygen atoms in total. The van der Waals surface area contributed by atoms with Crippen LogP contribution >= 0.6 is 0 Å². The van der Waals surface area contributed by atoms with E-state index in [1.165, 1.54) is 6.92 Å². The minimum atomic E-state index is -3.60. The highest BCUT2D eigenvalue weighted by atomic mass is 32.2. The summed E-state index contributed by atoms with van der Waals surface area (Å²) in [5, 5.41) is 0. The molecule has 0 spiro atoms. The number of aromatic nitrogens is 1. The van der Waals surface area contributed by atoms with Crippen LogP contribution in [0.5, 0.6) is 0 Å². The van der Waals surface area contributed by atoms with Gasteiger partial charge in [0.2, 0.25) is 5.78 Å². The van der Waals surface area contributed by atoms with Crippen LogP contribution in [0.4, 0.5) is 0 Å². The second-order valence-electron chi connectivity index (χ2n) is 3.31. The number of Topliss-reactive ketones (excluding diaryl/α,β-unsaturated/α-hetero) is 1. The van der Waals surface area contributed by atoms with Gasteiger partial charge in [0.25, 0.3) is 10.1 Å². The Labute approximate surface area is 88.8 Å². The molecule has 0 aliphatic heterocycles. The van der Waals surface area contributed by atoms with Gasteiger partial charge in [0.15, 0.2) is 0 Å². The molecular weight excluding hydrogens is 218 g/mol. The standard InChI is InChI=1S/C9H13NO4S/c1-7(14-15(3,12)13)9(11)8-5-4-6-10(8)2/h4-7H,1-3H3. The van der Waals surface area contributed by atoms with Crippen molar-refractivity contribution in [3.8, 4) is 0 Å². The summed E-state index contributed by atoms with van der Waals surface area (Å²) in [6, 6.07) is 3.32. The van der Waals surface area contributed by atoms with Crippen LogP contribution in [0, 0.1) is 0 Å². The summed E-state index contributed by atoms with van der Waals surface area (Å²) in [7, 11) is -1.89. The molecule has 84 valence electrons. The molecule has 6 heteroatoms. The lowest BCUT2D eigenvalue weighted by Crippen LogP contribution is -2.25. The zero-order chi connectivity index (χ0) is 11.6. The molecule has 1 atom stereocenters. The van der Waals surface area contributed by atoms with E-state index in [-0.39, 0.29) is 5.78 Å². The zero-order valence-electron chi connectivity index (χ0n) is 8.80. The second kappa shape index (κ2) is 4.16. The third-order valence-electron chi connectivity index (χ3n) is 1.88. The Kier molecular flexibility index (Phi) is 3.31. The number of ketones is 1. The predicted molar refractivity (Wildman–Crippen MR) is 55.1 cm³/mol. The third-order valence-corrected chi connectivity index (χ3v) is 2.52. The maximum Gasteiger partial charge on any atom is 0.265 e. The Bertz CT molecular complexity index is 460. The average molecular weight is 231 g/mol. The fraction of sp³-hybridized carbons (Fsp3) is 0.444. The number of rotatable bonds is 4. The van der Waals surface area contributed by atoms with Crippen molar-refractivity contribution in [2.75, 3.05) is 6.26 Å². The van der Waals surface area contributed by atoms with E-state index < -0.39 is 16.2 Å². The van der Waals surface area contributed by atoms with Gasteiger partial charge in [0.05, 0.1) is 11.9 Å². The van der Waals surface area contributed by atoms with E-state index in [0.29, 0.717) is 5.69 Å². The van der Waals surface area contributed by atoms with Gasteiger partial charge in [-0.05, 0) is 19.1 Å². The molecular formula is C9H13NO4S. The molecule has 0 saturated carbocycles. The largest absolute Gasteiger partial charge is 0.348 e. The van der Waals surface area contributed by atoms with Crippen LogP contribution in [0.2, 0.25) is 0 Å². The Morgan fingerprint density at radius 1 is 1.53 bits per heavy atom. The summed E-state index contributed by atoms with van der Waals surface area (Å²) >= 11 is 0. The first-order valence-corrected chi connectivity index (χ1v) is 6.16. The molecule has 1 rings (SSSR count). The Morgan fingerprint density at radius 3 is 2.53 bits per heavy atom. The van der Waals surface area contributed by atoms with Gasteiger partial charge in [-0.1, -0.05) is 0 Å². The molecule has 15 heavy (non-hydrogen) atoms. The molecule has 0 amide bonds. The van der Waals surface area contributed by atoms with Crippen molar-refractivity contribution in [2.45, 2.75) is 13.0 Å². The molecule has 1 unspecified atom stereocenters. The molecule has 1 aromatic rings. The second-order valence-corrected chi connectivity index (χ2v) is 4.91. The van der Waals surface area contributed by atoms with Crippen LogP contribution in [-0.2, 0) is 21.3 Å². The van der Waals surface area contributed by atoms with Gasteiger partial charge in [0.1, 0.15) is 6.10 Å². The van der Waals surface area contributed by atoms with Crippen molar-refractivity contribution < 1.29 is 17.4 Å². The first-order chi connectivity index (χ1) is 6.81. The van der Waals surface area contributed by atoms with Gasteiger partial charge in [-0.2, -0.15) is 8.42 Å². The highest BCUT2D eigenvalue weighted by molar-refractivity contribution is 7.86. The molecule has 0 aromatic carbocycles. The lowest BCUT2D eigenvalue weighted by Gasteiger charge is -2.10. The molecule has 0 fully saturated rings. The maximum atomic E-state index is 11.7. The molecule has 0 aliphatic rings. The first kappa shape index (κ1) is 11.9. The third kappa shape index (κ3) is 3.17. The van der Waals surface area contributed by atoms with Crippen molar-refractivity contribution in [2.24, 2.45) is 7.05 Å². The molecule has 1 heterocycles. The fourth-order valence-electron chi connectivity index (χ4n) is 1.23. The fourth-order valence-corrected chi connectivity index (χ4v) is 1.84. The number of carbonyl (C=O) groups is 1. The summed E-state index contributed by atoms with van der Waals surface area (Å²) in [4.78, 5) is 11.7. The van der Waals surface area contributed by atoms with Gasteiger partial charge in [0, 0.05) is 13.2 Å². The van der Waals surface area contributed by atoms with E-state index in [9.17, 15) is 13.2 Å². The smallest absolute Gasteiger partial charge is 0.265 e. The van der Waals surface area contributed by atoms with E-state index in [2.05, 4.69) is 4.18 Å². The highest BCUT2D eigenvalue weighted by Gasteiger charge is 2.21. The van der Waals surface area contributed by atoms with Gasteiger partial charge in [-0.15, -0.1) is 0 Å². The summed E-state index contributed by atoms with van der Waals surface area (Å²) in [6.07, 6.45) is 1.64. The van der Waals surface area contributed by atoms with E-state index in [1.54, 1.807) is 29.9 Å². The summed E-state index contributed by atoms with van der Waals surface area (Å²) in [5.41, 5.74) is 0.422. The highest BCUT2D eigenvalue weighted by Crippen LogP contribution is 2.08. The van der Waals surface area contributed by atoms with Crippen molar-refractivity contribution in [3.63, 3.8) is 0 Å². The summed E-state index contributed by atoms with van der Waals surface area (Å²) < 4.78 is 27.8. The van der Waals surface area contributed by atoms with E-state index in [0.717, 1.165) is 6.26 Å². The maximum absolute atomic E-state index is 11.7. The quantitative estimate of drug-likeness (QED) is 0.561. The molecule has 1 aromatic heterocycles. The first-order valence-electron chi connectivity index (χ1n) is 4.35. The lowest BCUT2D eigenvalue weighted by atomic mass is 10.2. The Balaban J connectivity index is 2.83. The topological polar surface area (TPSA) is 65.4 Å². The zero-order valence-corrected chi connectivity index (χ0v) is 9.61. The lowest BCUT2D eigenvalue weighted by molar-refractivity contribution is 0.0818. The minimum absolute atomic E-state index is 0.354. The number of carbonyl (C=O) groups excluding carboxylic acids is 1. The van der Waals surface area contributed by atoms with Gasteiger partial charge in [-0.3, -0.25) is 8.98 Å². The molecule has 0 saturated heterocycles. The van der Waals surface area contributed by atoms with Gasteiger partial charge < -0.3 is 4.57 Å². The Hall–Kier alpha value is -1.14. The van der Waals surface area contributed by atoms with Crippen molar-refractivity contribution in [1.29, 1.82) is 0 Å². The summed E-state index contributed by atoms with van der Waals surface area (Å²) in [6.45, 7) is 1.41. The van der Waals surface area contributed by atoms with Crippen LogP contribution in [0.15, 0.2) is 18.3 Å². The van der Waals surface area contributed by atoms with Crippen molar-refractivity contribution in [1.82, 2.24) is 4.57 Å². The van der Waals surface area contributed by atoms with Crippen molar-refractivity contribution in [3.05, 3.63) is 24.0 Å². The van der Waals surface area contributed by atoms with Crippen LogP contribution in [0.3, 0.4) is 0 Å². The number of hydrogen-bond donors (Lipinski definition) is 0. The Morgan fingerprint density at radius 2 is 2.13 bits per heavy atom. The monoisotopic (exact) mass is 231 g/mol. The van der Waals surface area contributed by atoms with Crippen LogP contribution in [-0.4, -0.2) is 31.1 Å². The average Bonchev–Trinajstić information content (AvgIpc) is 2.47. The van der Waals surface area contributed by atoms with E-state index >= 15 is 0 Å². The number of hydrogen-bond acceptors (Lipinski definition) is 4. The van der Waals surface area contributed by atoms with Crippen LogP contribution < -0.4 is 0 Å². The molecule has 0 N–H and O–H groups in total. The predicted octanol–water partition coefficient (Wildman–Crippen LogP) is 0.573. The van der Waals surface area contributed by atoms with Gasteiger partial charge in [-0.25, -0.2) is 0 Å². The van der Waals surface area contributed by atoms with Crippen molar-refractivity contribution >= 4 is 15.9 Å². The van der Waals surface area contributed by atoms with Gasteiger partial charge >= 0.3 is 0 Å². The minimum Gasteiger partial charge on any atom is -0.348 e. The number of nitrogens with zero attached hydrogens (tertiary/aromatic N) is 1.